The number of carboxylic acid groups (broad SMARTS) is 1. The van der Waals surface area contributed by atoms with E-state index in [1.807, 2.05) is 6.07 Å². The summed E-state index contributed by atoms with van der Waals surface area (Å²) in [5.41, 5.74) is 1.33. The monoisotopic (exact) mass is 506 g/mol. The average Bonchev–Trinajstić information content (AvgIpc) is 2.98. The van der Waals surface area contributed by atoms with Crippen molar-refractivity contribution in [3.63, 3.8) is 0 Å². The molecule has 1 amide bonds. The van der Waals surface area contributed by atoms with Crippen LogP contribution >= 0.6 is 39.9 Å². The molecule has 1 saturated heterocycles. The maximum Gasteiger partial charge on any atom is 0.341 e. The Morgan fingerprint density at radius 1 is 1.30 bits per heavy atom. The predicted molar refractivity (Wildman–Crippen MR) is 123 cm³/mol. The summed E-state index contributed by atoms with van der Waals surface area (Å²) in [4.78, 5) is 23.9. The van der Waals surface area contributed by atoms with Crippen molar-refractivity contribution in [3.8, 4) is 11.5 Å². The third kappa shape index (κ3) is 5.26. The molecule has 1 aliphatic rings. The minimum Gasteiger partial charge on any atom is -0.496 e. The van der Waals surface area contributed by atoms with Gasteiger partial charge in [0.05, 0.1) is 22.7 Å². The standard InChI is InChI=1S/C20H15BrN2O5S2/c1-27-16-7-6-12(8-14(16)21)10-22-23-19(26)17(30-20(23)29)9-13-4-2-3-5-15(13)28-11-18(24)25/h2-10H,11H2,1H3,(H,24,25). The number of benzene rings is 2. The van der Waals surface area contributed by atoms with E-state index in [0.29, 0.717) is 26.3 Å². The predicted octanol–water partition coefficient (Wildman–Crippen LogP) is 4.16. The molecule has 0 aliphatic carbocycles. The molecule has 1 aliphatic heterocycles. The lowest BCUT2D eigenvalue weighted by molar-refractivity contribution is -0.139. The van der Waals surface area contributed by atoms with Crippen LogP contribution in [0.15, 0.2) is 56.9 Å². The first-order valence-corrected chi connectivity index (χ1v) is 10.5. The highest BCUT2D eigenvalue weighted by atomic mass is 79.9. The van der Waals surface area contributed by atoms with Crippen LogP contribution in [-0.2, 0) is 9.59 Å². The Bertz CT molecular complexity index is 1070. The molecule has 0 saturated carbocycles. The van der Waals surface area contributed by atoms with Gasteiger partial charge in [0.1, 0.15) is 11.5 Å². The number of carboxylic acids is 1. The first-order valence-electron chi connectivity index (χ1n) is 8.48. The summed E-state index contributed by atoms with van der Waals surface area (Å²) in [5.74, 6) is -0.418. The van der Waals surface area contributed by atoms with Gasteiger partial charge in [0.25, 0.3) is 5.91 Å². The Morgan fingerprint density at radius 3 is 2.77 bits per heavy atom. The van der Waals surface area contributed by atoms with Crippen LogP contribution < -0.4 is 9.47 Å². The Hall–Kier alpha value is -2.69. The molecule has 10 heteroatoms. The number of hydrazone groups is 1. The molecule has 30 heavy (non-hydrogen) atoms. The molecule has 0 unspecified atom stereocenters. The molecular weight excluding hydrogens is 492 g/mol. The maximum atomic E-state index is 12.8. The molecule has 2 aromatic carbocycles. The van der Waals surface area contributed by atoms with E-state index in [0.717, 1.165) is 26.8 Å². The first kappa shape index (κ1) is 22.0. The number of ether oxygens (including phenoxy) is 2. The van der Waals surface area contributed by atoms with E-state index in [9.17, 15) is 9.59 Å². The zero-order valence-corrected chi connectivity index (χ0v) is 18.8. The quantitative estimate of drug-likeness (QED) is 0.342. The van der Waals surface area contributed by atoms with Crippen LogP contribution in [0.2, 0.25) is 0 Å². The van der Waals surface area contributed by atoms with Gasteiger partial charge < -0.3 is 14.6 Å². The lowest BCUT2D eigenvalue weighted by Crippen LogP contribution is -2.22. The van der Waals surface area contributed by atoms with Gasteiger partial charge in [0.15, 0.2) is 10.9 Å². The number of hydrogen-bond donors (Lipinski definition) is 1. The van der Waals surface area contributed by atoms with Crippen LogP contribution in [0.1, 0.15) is 11.1 Å². The Labute approximate surface area is 190 Å². The molecule has 1 fully saturated rings. The summed E-state index contributed by atoms with van der Waals surface area (Å²) >= 11 is 9.80. The Kier molecular flexibility index (Phi) is 7.24. The summed E-state index contributed by atoms with van der Waals surface area (Å²) in [7, 11) is 1.57. The summed E-state index contributed by atoms with van der Waals surface area (Å²) in [5, 5.41) is 14.2. The van der Waals surface area contributed by atoms with Crippen molar-refractivity contribution >= 4 is 68.4 Å². The number of carbonyl (C=O) groups excluding carboxylic acids is 1. The van der Waals surface area contributed by atoms with Crippen molar-refractivity contribution in [2.24, 2.45) is 5.10 Å². The van der Waals surface area contributed by atoms with Crippen molar-refractivity contribution in [1.29, 1.82) is 0 Å². The van der Waals surface area contributed by atoms with Crippen LogP contribution in [-0.4, -0.2) is 46.2 Å². The molecule has 7 nitrogen and oxygen atoms in total. The zero-order chi connectivity index (χ0) is 21.7. The van der Waals surface area contributed by atoms with Crippen molar-refractivity contribution in [1.82, 2.24) is 5.01 Å². The third-order valence-electron chi connectivity index (χ3n) is 3.83. The summed E-state index contributed by atoms with van der Waals surface area (Å²) < 4.78 is 11.5. The fourth-order valence-electron chi connectivity index (χ4n) is 2.46. The van der Waals surface area contributed by atoms with E-state index < -0.39 is 12.6 Å². The number of carbonyl (C=O) groups is 2. The van der Waals surface area contributed by atoms with E-state index in [2.05, 4.69) is 21.0 Å². The molecule has 0 atom stereocenters. The molecule has 154 valence electrons. The number of rotatable bonds is 7. The number of thioether (sulfide) groups is 1. The van der Waals surface area contributed by atoms with Gasteiger partial charge in [-0.25, -0.2) is 4.79 Å². The highest BCUT2D eigenvalue weighted by molar-refractivity contribution is 9.10. The number of para-hydroxylation sites is 1. The second kappa shape index (κ2) is 9.88. The lowest BCUT2D eigenvalue weighted by atomic mass is 10.2. The van der Waals surface area contributed by atoms with Gasteiger partial charge in [0.2, 0.25) is 0 Å². The van der Waals surface area contributed by atoms with Crippen molar-refractivity contribution in [2.75, 3.05) is 13.7 Å². The van der Waals surface area contributed by atoms with E-state index in [1.54, 1.807) is 49.6 Å². The number of thiocarbonyl (C=S) groups is 1. The fourth-order valence-corrected chi connectivity index (χ4v) is 4.18. The molecule has 1 N–H and O–H groups in total. The minimum absolute atomic E-state index is 0.291. The topological polar surface area (TPSA) is 88.4 Å². The second-order valence-electron chi connectivity index (χ2n) is 5.85. The van der Waals surface area contributed by atoms with E-state index >= 15 is 0 Å². The van der Waals surface area contributed by atoms with Gasteiger partial charge in [-0.1, -0.05) is 30.0 Å². The molecular formula is C20H15BrN2O5S2. The Morgan fingerprint density at radius 2 is 2.07 bits per heavy atom. The normalized spacial score (nSPS) is 15.3. The van der Waals surface area contributed by atoms with Gasteiger partial charge in [-0.05, 0) is 64.1 Å². The molecule has 0 radical (unpaired) electrons. The highest BCUT2D eigenvalue weighted by Crippen LogP contribution is 2.34. The van der Waals surface area contributed by atoms with Gasteiger partial charge in [-0.2, -0.15) is 10.1 Å². The molecule has 0 spiro atoms. The Balaban J connectivity index is 1.80. The van der Waals surface area contributed by atoms with Crippen LogP contribution in [0, 0.1) is 0 Å². The number of aliphatic carboxylic acids is 1. The third-order valence-corrected chi connectivity index (χ3v) is 5.73. The molecule has 0 bridgehead atoms. The second-order valence-corrected chi connectivity index (χ2v) is 8.38. The van der Waals surface area contributed by atoms with E-state index in [1.165, 1.54) is 6.21 Å². The SMILES string of the molecule is COc1ccc(C=NN2C(=O)C(=Cc3ccccc3OCC(=O)O)SC2=S)cc1Br. The average molecular weight is 507 g/mol. The number of hydrogen-bond acceptors (Lipinski definition) is 7. The molecule has 3 rings (SSSR count). The zero-order valence-electron chi connectivity index (χ0n) is 15.6. The lowest BCUT2D eigenvalue weighted by Gasteiger charge is -2.08. The van der Waals surface area contributed by atoms with Crippen LogP contribution in [0.4, 0.5) is 0 Å². The number of amides is 1. The summed E-state index contributed by atoms with van der Waals surface area (Å²) in [6.45, 7) is -0.479. The number of nitrogens with zero attached hydrogens (tertiary/aromatic N) is 2. The smallest absolute Gasteiger partial charge is 0.341 e. The van der Waals surface area contributed by atoms with Gasteiger partial charge in [-0.15, -0.1) is 0 Å². The van der Waals surface area contributed by atoms with Crippen molar-refractivity contribution in [3.05, 3.63) is 63.0 Å². The highest BCUT2D eigenvalue weighted by Gasteiger charge is 2.32. The molecule has 1 heterocycles. The number of methoxy groups -OCH3 is 1. The minimum atomic E-state index is -1.09. The fraction of sp³-hybridized carbons (Fsp3) is 0.100. The van der Waals surface area contributed by atoms with Gasteiger partial charge in [0, 0.05) is 5.56 Å². The first-order chi connectivity index (χ1) is 14.4. The van der Waals surface area contributed by atoms with Crippen LogP contribution in [0.25, 0.3) is 6.08 Å². The van der Waals surface area contributed by atoms with E-state index in [4.69, 9.17) is 26.8 Å². The maximum absolute atomic E-state index is 12.8. The van der Waals surface area contributed by atoms with E-state index in [-0.39, 0.29) is 5.91 Å². The largest absolute Gasteiger partial charge is 0.496 e. The number of halogens is 1. The van der Waals surface area contributed by atoms with Crippen molar-refractivity contribution in [2.45, 2.75) is 0 Å². The molecule has 0 aromatic heterocycles. The van der Waals surface area contributed by atoms with Gasteiger partial charge in [-0.3, -0.25) is 4.79 Å². The van der Waals surface area contributed by atoms with Crippen molar-refractivity contribution < 1.29 is 24.2 Å². The van der Waals surface area contributed by atoms with Crippen LogP contribution in [0.3, 0.4) is 0 Å². The summed E-state index contributed by atoms with van der Waals surface area (Å²) in [6, 6.07) is 12.2. The van der Waals surface area contributed by atoms with Gasteiger partial charge >= 0.3 is 5.97 Å². The summed E-state index contributed by atoms with van der Waals surface area (Å²) in [6.07, 6.45) is 3.14. The molecule has 2 aromatic rings. The van der Waals surface area contributed by atoms with Crippen LogP contribution in [0.5, 0.6) is 11.5 Å².